The van der Waals surface area contributed by atoms with Gasteiger partial charge in [0.15, 0.2) is 0 Å². The van der Waals surface area contributed by atoms with Gasteiger partial charge in [0.05, 0.1) is 11.8 Å². The number of ether oxygens (including phenoxy) is 2. The standard InChI is InChI=1S/C16H15NO5/c18-13(17-8-4-2-1-3-5-8)16-21-14(19)10-7-6-9-11(10)12(9)15(20)22-16/h1-5,9-12,16H,6-7H2,(H,17,18). The second-order valence-electron chi connectivity index (χ2n) is 6.01. The third-order valence-corrected chi connectivity index (χ3v) is 4.78. The molecule has 3 aliphatic rings. The van der Waals surface area contributed by atoms with E-state index in [1.807, 2.05) is 6.07 Å². The minimum atomic E-state index is -1.51. The van der Waals surface area contributed by atoms with Crippen LogP contribution in [0.1, 0.15) is 12.8 Å². The molecule has 1 heterocycles. The van der Waals surface area contributed by atoms with Crippen molar-refractivity contribution in [3.05, 3.63) is 30.3 Å². The van der Waals surface area contributed by atoms with Gasteiger partial charge in [0, 0.05) is 5.69 Å². The van der Waals surface area contributed by atoms with Gasteiger partial charge in [-0.15, -0.1) is 0 Å². The Kier molecular flexibility index (Phi) is 2.92. The normalized spacial score (nSPS) is 35.5. The minimum Gasteiger partial charge on any atom is -0.415 e. The Labute approximate surface area is 126 Å². The number of esters is 2. The Morgan fingerprint density at radius 1 is 1.05 bits per heavy atom. The van der Waals surface area contributed by atoms with E-state index in [2.05, 4.69) is 5.32 Å². The number of fused-ring (bicyclic) bond motifs is 1. The van der Waals surface area contributed by atoms with Crippen molar-refractivity contribution in [2.75, 3.05) is 5.32 Å². The van der Waals surface area contributed by atoms with Crippen LogP contribution in [0.25, 0.3) is 0 Å². The van der Waals surface area contributed by atoms with E-state index < -0.39 is 24.1 Å². The van der Waals surface area contributed by atoms with E-state index >= 15 is 0 Å². The van der Waals surface area contributed by atoms with Crippen LogP contribution in [0.15, 0.2) is 30.3 Å². The highest BCUT2D eigenvalue weighted by atomic mass is 16.7. The van der Waals surface area contributed by atoms with Gasteiger partial charge in [-0.3, -0.25) is 14.4 Å². The Bertz CT molecular complexity index is 643. The van der Waals surface area contributed by atoms with E-state index in [4.69, 9.17) is 9.47 Å². The maximum Gasteiger partial charge on any atom is 0.326 e. The number of benzene rings is 1. The number of nitrogens with one attached hydrogen (secondary N) is 1. The van der Waals surface area contributed by atoms with Gasteiger partial charge in [0.2, 0.25) is 0 Å². The van der Waals surface area contributed by atoms with E-state index in [0.717, 1.165) is 12.8 Å². The molecular formula is C16H15NO5. The van der Waals surface area contributed by atoms with Crippen LogP contribution in [0.5, 0.6) is 0 Å². The van der Waals surface area contributed by atoms with E-state index in [-0.39, 0.29) is 23.7 Å². The Balaban J connectivity index is 1.50. The van der Waals surface area contributed by atoms with Crippen molar-refractivity contribution in [2.45, 2.75) is 19.1 Å². The molecule has 6 nitrogen and oxygen atoms in total. The quantitative estimate of drug-likeness (QED) is 0.833. The van der Waals surface area contributed by atoms with Crippen LogP contribution in [0.4, 0.5) is 5.69 Å². The van der Waals surface area contributed by atoms with Crippen molar-refractivity contribution < 1.29 is 23.9 Å². The molecule has 114 valence electrons. The monoisotopic (exact) mass is 301 g/mol. The van der Waals surface area contributed by atoms with Crippen LogP contribution in [0.3, 0.4) is 0 Å². The molecule has 4 rings (SSSR count). The fourth-order valence-corrected chi connectivity index (χ4v) is 3.72. The summed E-state index contributed by atoms with van der Waals surface area (Å²) >= 11 is 0. The lowest BCUT2D eigenvalue weighted by Crippen LogP contribution is -2.40. The molecule has 1 amide bonds. The Morgan fingerprint density at radius 3 is 2.55 bits per heavy atom. The average molecular weight is 301 g/mol. The number of carbonyl (C=O) groups excluding carboxylic acids is 3. The van der Waals surface area contributed by atoms with Crippen LogP contribution in [0, 0.1) is 23.7 Å². The van der Waals surface area contributed by atoms with Crippen molar-refractivity contribution in [3.63, 3.8) is 0 Å². The van der Waals surface area contributed by atoms with E-state index in [0.29, 0.717) is 5.69 Å². The molecule has 0 aromatic heterocycles. The molecule has 2 saturated carbocycles. The van der Waals surface area contributed by atoms with Gasteiger partial charge in [-0.05, 0) is 36.8 Å². The number of carbonyl (C=O) groups is 3. The highest BCUT2D eigenvalue weighted by molar-refractivity contribution is 5.96. The molecule has 1 saturated heterocycles. The first-order valence-corrected chi connectivity index (χ1v) is 7.42. The molecule has 6 heteroatoms. The Morgan fingerprint density at radius 2 is 1.77 bits per heavy atom. The number of rotatable bonds is 2. The van der Waals surface area contributed by atoms with Crippen LogP contribution < -0.4 is 5.32 Å². The zero-order valence-electron chi connectivity index (χ0n) is 11.7. The molecule has 3 fully saturated rings. The number of para-hydroxylation sites is 1. The average Bonchev–Trinajstić information content (AvgIpc) is 3.06. The van der Waals surface area contributed by atoms with Crippen molar-refractivity contribution >= 4 is 23.5 Å². The second kappa shape index (κ2) is 4.83. The maximum absolute atomic E-state index is 12.2. The summed E-state index contributed by atoms with van der Waals surface area (Å²) in [6.45, 7) is 0. The first-order valence-electron chi connectivity index (χ1n) is 7.42. The predicted molar refractivity (Wildman–Crippen MR) is 74.2 cm³/mol. The molecule has 22 heavy (non-hydrogen) atoms. The number of hydrogen-bond donors (Lipinski definition) is 1. The van der Waals surface area contributed by atoms with Crippen molar-refractivity contribution in [2.24, 2.45) is 23.7 Å². The topological polar surface area (TPSA) is 81.7 Å². The summed E-state index contributed by atoms with van der Waals surface area (Å²) in [5.74, 6) is -1.74. The zero-order chi connectivity index (χ0) is 15.3. The first-order chi connectivity index (χ1) is 10.6. The van der Waals surface area contributed by atoms with Gasteiger partial charge in [-0.25, -0.2) is 0 Å². The summed E-state index contributed by atoms with van der Waals surface area (Å²) in [6.07, 6.45) is 0.0683. The molecule has 2 aliphatic carbocycles. The lowest BCUT2D eigenvalue weighted by molar-refractivity contribution is -0.198. The maximum atomic E-state index is 12.2. The van der Waals surface area contributed by atoms with Crippen molar-refractivity contribution in [1.82, 2.24) is 0 Å². The molecule has 1 aromatic carbocycles. The van der Waals surface area contributed by atoms with E-state index in [1.165, 1.54) is 0 Å². The summed E-state index contributed by atoms with van der Waals surface area (Å²) in [7, 11) is 0. The molecule has 1 aromatic rings. The molecule has 0 bridgehead atoms. The second-order valence-corrected chi connectivity index (χ2v) is 6.01. The highest BCUT2D eigenvalue weighted by Gasteiger charge is 2.66. The number of hydrogen-bond acceptors (Lipinski definition) is 5. The fourth-order valence-electron chi connectivity index (χ4n) is 3.72. The van der Waals surface area contributed by atoms with Crippen molar-refractivity contribution in [1.29, 1.82) is 0 Å². The minimum absolute atomic E-state index is 0.0538. The van der Waals surface area contributed by atoms with Gasteiger partial charge in [0.25, 0.3) is 0 Å². The number of anilines is 1. The first kappa shape index (κ1) is 13.3. The van der Waals surface area contributed by atoms with Gasteiger partial charge in [0.1, 0.15) is 0 Å². The summed E-state index contributed by atoms with van der Waals surface area (Å²) in [4.78, 5) is 36.4. The Hall–Kier alpha value is -2.37. The van der Waals surface area contributed by atoms with Gasteiger partial charge < -0.3 is 14.8 Å². The summed E-state index contributed by atoms with van der Waals surface area (Å²) in [5.41, 5.74) is 0.549. The molecular weight excluding hydrogens is 286 g/mol. The largest absolute Gasteiger partial charge is 0.415 e. The van der Waals surface area contributed by atoms with Crippen LogP contribution in [-0.4, -0.2) is 24.1 Å². The zero-order valence-corrected chi connectivity index (χ0v) is 11.7. The van der Waals surface area contributed by atoms with Gasteiger partial charge in [-0.1, -0.05) is 18.2 Å². The van der Waals surface area contributed by atoms with E-state index in [1.54, 1.807) is 24.3 Å². The lowest BCUT2D eigenvalue weighted by atomic mass is 10.00. The van der Waals surface area contributed by atoms with Crippen molar-refractivity contribution in [3.8, 4) is 0 Å². The third kappa shape index (κ3) is 2.06. The highest BCUT2D eigenvalue weighted by Crippen LogP contribution is 2.61. The number of cyclic esters (lactones) is 2. The van der Waals surface area contributed by atoms with E-state index in [9.17, 15) is 14.4 Å². The summed E-state index contributed by atoms with van der Waals surface area (Å²) < 4.78 is 10.2. The molecule has 1 N–H and O–H groups in total. The molecule has 0 spiro atoms. The molecule has 0 radical (unpaired) electrons. The number of amides is 1. The third-order valence-electron chi connectivity index (χ3n) is 4.78. The SMILES string of the molecule is O=C(Nc1ccccc1)C1OC(=O)C2CCC3C(C(=O)O1)C23. The molecule has 1 aliphatic heterocycles. The summed E-state index contributed by atoms with van der Waals surface area (Å²) in [5, 5.41) is 2.58. The molecule has 5 unspecified atom stereocenters. The van der Waals surface area contributed by atoms with Gasteiger partial charge in [-0.2, -0.15) is 0 Å². The fraction of sp³-hybridized carbons (Fsp3) is 0.438. The smallest absolute Gasteiger partial charge is 0.326 e. The van der Waals surface area contributed by atoms with Crippen LogP contribution in [-0.2, 0) is 23.9 Å². The van der Waals surface area contributed by atoms with Crippen LogP contribution >= 0.6 is 0 Å². The predicted octanol–water partition coefficient (Wildman–Crippen LogP) is 1.32. The lowest BCUT2D eigenvalue weighted by Gasteiger charge is -2.23. The summed E-state index contributed by atoms with van der Waals surface area (Å²) in [6, 6.07) is 8.74. The van der Waals surface area contributed by atoms with Crippen LogP contribution in [0.2, 0.25) is 0 Å². The van der Waals surface area contributed by atoms with Gasteiger partial charge >= 0.3 is 24.1 Å². The molecule has 5 atom stereocenters.